The molecular formula is C24H20Cl3F3N2O2S. The molecule has 35 heavy (non-hydrogen) atoms. The van der Waals surface area contributed by atoms with Crippen molar-refractivity contribution in [3.8, 4) is 0 Å². The molecule has 1 aliphatic heterocycles. The van der Waals surface area contributed by atoms with E-state index in [1.54, 1.807) is 48.5 Å². The van der Waals surface area contributed by atoms with Crippen LogP contribution in [-0.4, -0.2) is 37.8 Å². The summed E-state index contributed by atoms with van der Waals surface area (Å²) in [6.45, 7) is -0.848. The second kappa shape index (κ2) is 9.82. The smallest absolute Gasteiger partial charge is 0.296 e. The highest BCUT2D eigenvalue weighted by molar-refractivity contribution is 7.93. The fraction of sp³-hybridized carbons (Fsp3) is 0.250. The molecule has 2 unspecified atom stereocenters. The highest BCUT2D eigenvalue weighted by atomic mass is 35.5. The Morgan fingerprint density at radius 3 is 2.03 bits per heavy atom. The summed E-state index contributed by atoms with van der Waals surface area (Å²) in [5.41, 5.74) is -2.26. The van der Waals surface area contributed by atoms with Gasteiger partial charge in [-0.25, -0.2) is 8.42 Å². The van der Waals surface area contributed by atoms with E-state index in [9.17, 15) is 8.42 Å². The van der Waals surface area contributed by atoms with Crippen LogP contribution in [0.2, 0.25) is 15.1 Å². The van der Waals surface area contributed by atoms with Crippen molar-refractivity contribution >= 4 is 50.5 Å². The van der Waals surface area contributed by atoms with E-state index in [0.29, 0.717) is 0 Å². The van der Waals surface area contributed by atoms with E-state index in [1.165, 1.54) is 17.0 Å². The third kappa shape index (κ3) is 5.13. The van der Waals surface area contributed by atoms with Crippen LogP contribution in [0, 0.1) is 0 Å². The van der Waals surface area contributed by atoms with Gasteiger partial charge in [0.1, 0.15) is 10.7 Å². The van der Waals surface area contributed by atoms with Crippen LogP contribution in [-0.2, 0) is 22.0 Å². The van der Waals surface area contributed by atoms with Gasteiger partial charge in [0.2, 0.25) is 10.0 Å². The molecule has 3 aromatic rings. The lowest BCUT2D eigenvalue weighted by atomic mass is 9.78. The van der Waals surface area contributed by atoms with E-state index in [4.69, 9.17) is 34.8 Å². The summed E-state index contributed by atoms with van der Waals surface area (Å²) in [5, 5.41) is -2.37. The monoisotopic (exact) mass is 562 g/mol. The van der Waals surface area contributed by atoms with Crippen LogP contribution >= 0.6 is 34.8 Å². The van der Waals surface area contributed by atoms with Crippen molar-refractivity contribution in [1.29, 1.82) is 0 Å². The van der Waals surface area contributed by atoms with Crippen molar-refractivity contribution in [1.82, 2.24) is 4.90 Å². The molecule has 4 nitrogen and oxygen atoms in total. The van der Waals surface area contributed by atoms with Crippen molar-refractivity contribution in [2.75, 3.05) is 17.8 Å². The molecule has 1 saturated heterocycles. The molecule has 1 fully saturated rings. The number of rotatable bonds is 6. The second-order valence-electron chi connectivity index (χ2n) is 8.38. The van der Waals surface area contributed by atoms with Gasteiger partial charge < -0.3 is 0 Å². The maximum Gasteiger partial charge on any atom is 0.401 e. The Labute approximate surface area is 216 Å². The molecular weight excluding hydrogens is 544 g/mol. The van der Waals surface area contributed by atoms with Crippen molar-refractivity contribution in [3.63, 3.8) is 0 Å². The standard InChI is InChI=1S/C24H20Cl3F3N2O2S/c25-19-11-17(12-20(26)22(19)27)23(24(28,29)30)15-32(13-16-7-3-1-4-8-16)14-21(23)35(33,34)31-18-9-5-2-6-10-18/h1-12,21,31H,13-15H2. The Balaban J connectivity index is 1.87. The molecule has 0 aliphatic carbocycles. The summed E-state index contributed by atoms with van der Waals surface area (Å²) in [7, 11) is -4.54. The van der Waals surface area contributed by atoms with E-state index in [0.717, 1.165) is 17.7 Å². The Morgan fingerprint density at radius 1 is 0.943 bits per heavy atom. The van der Waals surface area contributed by atoms with Crippen LogP contribution < -0.4 is 4.72 Å². The molecule has 3 aromatic carbocycles. The average molecular weight is 564 g/mol. The molecule has 186 valence electrons. The molecule has 1 heterocycles. The van der Waals surface area contributed by atoms with E-state index >= 15 is 13.2 Å². The molecule has 0 spiro atoms. The predicted molar refractivity (Wildman–Crippen MR) is 134 cm³/mol. The molecule has 0 aromatic heterocycles. The highest BCUT2D eigenvalue weighted by Gasteiger charge is 2.68. The minimum absolute atomic E-state index is 0.102. The van der Waals surface area contributed by atoms with Crippen molar-refractivity contribution in [3.05, 3.63) is 99.0 Å². The number of hydrogen-bond acceptors (Lipinski definition) is 3. The van der Waals surface area contributed by atoms with Crippen molar-refractivity contribution < 1.29 is 21.6 Å². The maximum atomic E-state index is 15.1. The van der Waals surface area contributed by atoms with Gasteiger partial charge in [-0.15, -0.1) is 0 Å². The third-order valence-corrected chi connectivity index (χ3v) is 9.13. The Kier molecular flexibility index (Phi) is 7.33. The van der Waals surface area contributed by atoms with E-state index in [1.807, 2.05) is 0 Å². The molecule has 11 heteroatoms. The minimum atomic E-state index is -4.96. The van der Waals surface area contributed by atoms with Gasteiger partial charge in [-0.3, -0.25) is 9.62 Å². The lowest BCUT2D eigenvalue weighted by Crippen LogP contribution is -2.55. The lowest BCUT2D eigenvalue weighted by molar-refractivity contribution is -0.186. The molecule has 1 aliphatic rings. The lowest BCUT2D eigenvalue weighted by Gasteiger charge is -2.37. The van der Waals surface area contributed by atoms with Gasteiger partial charge >= 0.3 is 6.18 Å². The van der Waals surface area contributed by atoms with Crippen molar-refractivity contribution in [2.45, 2.75) is 23.4 Å². The highest BCUT2D eigenvalue weighted by Crippen LogP contribution is 2.52. The number of likely N-dealkylation sites (tertiary alicyclic amines) is 1. The summed E-state index contributed by atoms with van der Waals surface area (Å²) in [5.74, 6) is 0. The second-order valence-corrected chi connectivity index (χ2v) is 11.4. The predicted octanol–water partition coefficient (Wildman–Crippen LogP) is 6.77. The Hall–Kier alpha value is -1.97. The van der Waals surface area contributed by atoms with Crippen LogP contribution in [0.4, 0.5) is 18.9 Å². The summed E-state index contributed by atoms with van der Waals surface area (Å²) < 4.78 is 74.6. The SMILES string of the molecule is O=S(=O)(Nc1ccccc1)C1CN(Cc2ccccc2)CC1(c1cc(Cl)c(Cl)c(Cl)c1)C(F)(F)F. The molecule has 0 amide bonds. The van der Waals surface area contributed by atoms with Gasteiger partial charge in [0.05, 0.1) is 15.1 Å². The van der Waals surface area contributed by atoms with E-state index in [2.05, 4.69) is 4.72 Å². The van der Waals surface area contributed by atoms with Crippen LogP contribution in [0.5, 0.6) is 0 Å². The number of nitrogens with zero attached hydrogens (tertiary/aromatic N) is 1. The summed E-state index contributed by atoms with van der Waals surface area (Å²) in [6.07, 6.45) is -4.96. The number of halogens is 6. The fourth-order valence-corrected chi connectivity index (χ4v) is 6.99. The Bertz CT molecular complexity index is 1290. The van der Waals surface area contributed by atoms with Gasteiger partial charge in [0, 0.05) is 25.3 Å². The number of sulfonamides is 1. The summed E-state index contributed by atoms with van der Waals surface area (Å²) in [6, 6.07) is 18.8. The van der Waals surface area contributed by atoms with Gasteiger partial charge in [0.15, 0.2) is 0 Å². The molecule has 0 bridgehead atoms. The van der Waals surface area contributed by atoms with Crippen LogP contribution in [0.25, 0.3) is 0 Å². The zero-order valence-electron chi connectivity index (χ0n) is 18.1. The quantitative estimate of drug-likeness (QED) is 0.337. The first kappa shape index (κ1) is 26.1. The van der Waals surface area contributed by atoms with Gasteiger partial charge in [-0.2, -0.15) is 13.2 Å². The normalized spacial score (nSPS) is 21.3. The number of benzene rings is 3. The third-order valence-electron chi connectivity index (χ3n) is 6.11. The number of hydrogen-bond donors (Lipinski definition) is 1. The molecule has 2 atom stereocenters. The fourth-order valence-electron chi connectivity index (χ4n) is 4.50. The molecule has 1 N–H and O–H groups in total. The average Bonchev–Trinajstić information content (AvgIpc) is 3.20. The number of nitrogens with one attached hydrogen (secondary N) is 1. The first-order valence-corrected chi connectivity index (χ1v) is 13.2. The van der Waals surface area contributed by atoms with Gasteiger partial charge in [0.25, 0.3) is 0 Å². The van der Waals surface area contributed by atoms with Gasteiger partial charge in [-0.05, 0) is 35.4 Å². The Morgan fingerprint density at radius 2 is 1.49 bits per heavy atom. The minimum Gasteiger partial charge on any atom is -0.296 e. The van der Waals surface area contributed by atoms with Gasteiger partial charge in [-0.1, -0.05) is 83.3 Å². The number of para-hydroxylation sites is 1. The molecule has 0 saturated carbocycles. The largest absolute Gasteiger partial charge is 0.401 e. The zero-order chi connectivity index (χ0) is 25.4. The number of anilines is 1. The first-order valence-electron chi connectivity index (χ1n) is 10.5. The first-order chi connectivity index (χ1) is 16.4. The zero-order valence-corrected chi connectivity index (χ0v) is 21.2. The maximum absolute atomic E-state index is 15.1. The van der Waals surface area contributed by atoms with Crippen LogP contribution in [0.1, 0.15) is 11.1 Å². The van der Waals surface area contributed by atoms with Crippen LogP contribution in [0.3, 0.4) is 0 Å². The molecule has 0 radical (unpaired) electrons. The summed E-state index contributed by atoms with van der Waals surface area (Å²) >= 11 is 18.2. The number of alkyl halides is 3. The summed E-state index contributed by atoms with van der Waals surface area (Å²) in [4.78, 5) is 1.48. The van der Waals surface area contributed by atoms with E-state index < -0.39 is 33.4 Å². The van der Waals surface area contributed by atoms with Crippen LogP contribution in [0.15, 0.2) is 72.8 Å². The topological polar surface area (TPSA) is 49.4 Å². The molecule has 4 rings (SSSR count). The van der Waals surface area contributed by atoms with Crippen molar-refractivity contribution in [2.24, 2.45) is 0 Å². The van der Waals surface area contributed by atoms with E-state index in [-0.39, 0.29) is 39.4 Å².